The van der Waals surface area contributed by atoms with Gasteiger partial charge in [-0.05, 0) is 18.6 Å². The fourth-order valence-electron chi connectivity index (χ4n) is 1.40. The molecule has 4 nitrogen and oxygen atoms in total. The van der Waals surface area contributed by atoms with Gasteiger partial charge in [-0.25, -0.2) is 13.1 Å². The third kappa shape index (κ3) is 5.62. The maximum Gasteiger partial charge on any atom is 0.211 e. The Balaban J connectivity index is 2.62. The highest BCUT2D eigenvalue weighted by molar-refractivity contribution is 7.89. The van der Waals surface area contributed by atoms with Crippen molar-refractivity contribution in [2.24, 2.45) is 0 Å². The van der Waals surface area contributed by atoms with Crippen molar-refractivity contribution in [3.05, 3.63) is 33.8 Å². The molecule has 0 aliphatic carbocycles. The fourth-order valence-corrected chi connectivity index (χ4v) is 2.98. The van der Waals surface area contributed by atoms with Crippen LogP contribution < -0.4 is 4.72 Å². The number of aliphatic hydroxyl groups excluding tert-OH is 1. The lowest BCUT2D eigenvalue weighted by Gasteiger charge is -2.14. The average Bonchev–Trinajstić information content (AvgIpc) is 2.34. The van der Waals surface area contributed by atoms with Gasteiger partial charge in [0, 0.05) is 22.2 Å². The Morgan fingerprint density at radius 1 is 1.37 bits per heavy atom. The molecule has 0 amide bonds. The van der Waals surface area contributed by atoms with Crippen LogP contribution in [0.15, 0.2) is 18.2 Å². The van der Waals surface area contributed by atoms with E-state index in [1.807, 2.05) is 0 Å². The van der Waals surface area contributed by atoms with Crippen molar-refractivity contribution in [2.45, 2.75) is 12.5 Å². The van der Waals surface area contributed by atoms with E-state index in [4.69, 9.17) is 23.2 Å². The predicted molar refractivity (Wildman–Crippen MR) is 73.8 cm³/mol. The second kappa shape index (κ2) is 7.40. The van der Waals surface area contributed by atoms with Gasteiger partial charge in [0.15, 0.2) is 0 Å². The van der Waals surface area contributed by atoms with Gasteiger partial charge in [0.2, 0.25) is 10.0 Å². The third-order valence-electron chi connectivity index (χ3n) is 2.36. The molecule has 0 aromatic heterocycles. The van der Waals surface area contributed by atoms with E-state index in [-0.39, 0.29) is 23.7 Å². The zero-order chi connectivity index (χ0) is 14.5. The summed E-state index contributed by atoms with van der Waals surface area (Å²) in [5, 5.41) is 10.5. The van der Waals surface area contributed by atoms with Crippen molar-refractivity contribution in [1.29, 1.82) is 0 Å². The van der Waals surface area contributed by atoms with Crippen LogP contribution in [0.5, 0.6) is 0 Å². The quantitative estimate of drug-likeness (QED) is 0.806. The number of rotatable bonds is 7. The van der Waals surface area contributed by atoms with Crippen molar-refractivity contribution in [3.8, 4) is 0 Å². The highest BCUT2D eigenvalue weighted by Crippen LogP contribution is 2.25. The summed E-state index contributed by atoms with van der Waals surface area (Å²) in [6, 6.07) is 4.52. The van der Waals surface area contributed by atoms with E-state index in [1.165, 1.54) is 12.1 Å². The molecule has 8 heteroatoms. The summed E-state index contributed by atoms with van der Waals surface area (Å²) in [5.74, 6) is -0.315. The molecule has 0 fully saturated rings. The van der Waals surface area contributed by atoms with Crippen LogP contribution in [-0.2, 0) is 10.0 Å². The minimum absolute atomic E-state index is 0.0763. The topological polar surface area (TPSA) is 66.4 Å². The van der Waals surface area contributed by atoms with Crippen molar-refractivity contribution >= 4 is 33.2 Å². The first kappa shape index (κ1) is 16.7. The van der Waals surface area contributed by atoms with E-state index in [9.17, 15) is 17.9 Å². The van der Waals surface area contributed by atoms with E-state index in [0.29, 0.717) is 10.6 Å². The molecule has 1 aromatic rings. The summed E-state index contributed by atoms with van der Waals surface area (Å²) in [5.41, 5.74) is 0.374. The molecule has 0 spiro atoms. The lowest BCUT2D eigenvalue weighted by atomic mass is 10.1. The van der Waals surface area contributed by atoms with Crippen LogP contribution in [0.1, 0.15) is 18.1 Å². The number of aliphatic hydroxyl groups is 1. The van der Waals surface area contributed by atoms with Gasteiger partial charge in [-0.15, -0.1) is 0 Å². The van der Waals surface area contributed by atoms with E-state index >= 15 is 0 Å². The number of benzene rings is 1. The zero-order valence-electron chi connectivity index (χ0n) is 9.94. The number of nitrogens with one attached hydrogen (secondary N) is 1. The Bertz CT molecular complexity index is 525. The maximum absolute atomic E-state index is 11.9. The number of sulfonamides is 1. The van der Waals surface area contributed by atoms with Gasteiger partial charge < -0.3 is 5.11 Å². The molecule has 19 heavy (non-hydrogen) atoms. The summed E-state index contributed by atoms with van der Waals surface area (Å²) in [6.07, 6.45) is -1.17. The molecule has 1 atom stereocenters. The Labute approximate surface area is 121 Å². The molecule has 2 N–H and O–H groups in total. The summed E-state index contributed by atoms with van der Waals surface area (Å²) in [7, 11) is -3.59. The minimum atomic E-state index is -3.59. The summed E-state index contributed by atoms with van der Waals surface area (Å²) in [6.45, 7) is -0.928. The molecule has 1 rings (SSSR count). The highest BCUT2D eigenvalue weighted by atomic mass is 35.5. The average molecular weight is 330 g/mol. The first-order chi connectivity index (χ1) is 8.85. The van der Waals surface area contributed by atoms with Crippen LogP contribution in [0.3, 0.4) is 0 Å². The van der Waals surface area contributed by atoms with Crippen LogP contribution in [0.4, 0.5) is 4.39 Å². The predicted octanol–water partition coefficient (Wildman–Crippen LogP) is 2.31. The molecule has 1 aromatic carbocycles. The van der Waals surface area contributed by atoms with Gasteiger partial charge in [0.25, 0.3) is 0 Å². The zero-order valence-corrected chi connectivity index (χ0v) is 12.3. The monoisotopic (exact) mass is 329 g/mol. The van der Waals surface area contributed by atoms with E-state index in [1.54, 1.807) is 6.07 Å². The second-order valence-corrected chi connectivity index (χ2v) is 6.66. The van der Waals surface area contributed by atoms with E-state index in [2.05, 4.69) is 4.72 Å². The summed E-state index contributed by atoms with van der Waals surface area (Å²) in [4.78, 5) is 0. The molecule has 1 unspecified atom stereocenters. The van der Waals surface area contributed by atoms with Gasteiger partial charge in [-0.2, -0.15) is 0 Å². The Hall–Kier alpha value is -0.400. The van der Waals surface area contributed by atoms with Crippen molar-refractivity contribution in [3.63, 3.8) is 0 Å². The number of hydrogen-bond acceptors (Lipinski definition) is 3. The van der Waals surface area contributed by atoms with Gasteiger partial charge in [0.1, 0.15) is 0 Å². The molecule has 108 valence electrons. The van der Waals surface area contributed by atoms with Crippen LogP contribution in [0.2, 0.25) is 10.0 Å². The van der Waals surface area contributed by atoms with E-state index in [0.717, 1.165) is 0 Å². The Morgan fingerprint density at radius 3 is 2.63 bits per heavy atom. The smallest absolute Gasteiger partial charge is 0.211 e. The van der Waals surface area contributed by atoms with Crippen molar-refractivity contribution in [2.75, 3.05) is 19.0 Å². The van der Waals surface area contributed by atoms with Crippen LogP contribution in [0, 0.1) is 0 Å². The van der Waals surface area contributed by atoms with Crippen molar-refractivity contribution < 1.29 is 17.9 Å². The maximum atomic E-state index is 11.9. The molecule has 0 saturated carbocycles. The highest BCUT2D eigenvalue weighted by Gasteiger charge is 2.16. The van der Waals surface area contributed by atoms with Gasteiger partial charge in [-0.3, -0.25) is 4.39 Å². The summed E-state index contributed by atoms with van der Waals surface area (Å²) < 4.78 is 36.9. The second-order valence-electron chi connectivity index (χ2n) is 3.89. The number of halogens is 3. The normalized spacial score (nSPS) is 13.5. The lowest BCUT2D eigenvalue weighted by molar-refractivity contribution is 0.182. The van der Waals surface area contributed by atoms with Gasteiger partial charge in [-0.1, -0.05) is 29.3 Å². The molecule has 0 aliphatic rings. The SMILES string of the molecule is O=S(=O)(CCCF)NCC(O)c1ccc(Cl)cc1Cl. The minimum Gasteiger partial charge on any atom is -0.387 e. The first-order valence-electron chi connectivity index (χ1n) is 5.52. The standard InChI is InChI=1S/C11H14Cl2FNO3S/c12-8-2-3-9(10(13)6-8)11(16)7-15-19(17,18)5-1-4-14/h2-3,6,11,15-16H,1,4-5,7H2. The van der Waals surface area contributed by atoms with Gasteiger partial charge >= 0.3 is 0 Å². The van der Waals surface area contributed by atoms with Crippen LogP contribution in [-0.4, -0.2) is 32.5 Å². The Morgan fingerprint density at radius 2 is 2.05 bits per heavy atom. The third-order valence-corrected chi connectivity index (χ3v) is 4.36. The summed E-state index contributed by atoms with van der Waals surface area (Å²) >= 11 is 11.6. The fraction of sp³-hybridized carbons (Fsp3) is 0.455. The van der Waals surface area contributed by atoms with Crippen LogP contribution >= 0.6 is 23.2 Å². The largest absolute Gasteiger partial charge is 0.387 e. The molecule has 0 saturated heterocycles. The molecule has 0 aliphatic heterocycles. The molecular formula is C11H14Cl2FNO3S. The molecule has 0 bridgehead atoms. The van der Waals surface area contributed by atoms with E-state index < -0.39 is 22.8 Å². The van der Waals surface area contributed by atoms with Crippen molar-refractivity contribution in [1.82, 2.24) is 4.72 Å². The van der Waals surface area contributed by atoms with Crippen LogP contribution in [0.25, 0.3) is 0 Å². The molecule has 0 radical (unpaired) electrons. The number of alkyl halides is 1. The lowest BCUT2D eigenvalue weighted by Crippen LogP contribution is -2.30. The molecular weight excluding hydrogens is 316 g/mol. The Kier molecular flexibility index (Phi) is 6.49. The first-order valence-corrected chi connectivity index (χ1v) is 7.93. The molecule has 0 heterocycles. The number of hydrogen-bond donors (Lipinski definition) is 2. The van der Waals surface area contributed by atoms with Gasteiger partial charge in [0.05, 0.1) is 18.5 Å².